The summed E-state index contributed by atoms with van der Waals surface area (Å²) in [5, 5.41) is 9.24. The Hall–Kier alpha value is -1.07. The van der Waals surface area contributed by atoms with Gasteiger partial charge in [-0.15, -0.1) is 0 Å². The molecule has 0 radical (unpaired) electrons. The second-order valence-corrected chi connectivity index (χ2v) is 5.52. The van der Waals surface area contributed by atoms with Crippen LogP contribution in [0.25, 0.3) is 0 Å². The Morgan fingerprint density at radius 2 is 2.06 bits per heavy atom. The minimum atomic E-state index is -0.603. The van der Waals surface area contributed by atoms with Gasteiger partial charge in [0.2, 0.25) is 0 Å². The Morgan fingerprint density at radius 1 is 1.47 bits per heavy atom. The molecule has 1 aromatic carbocycles. The highest BCUT2D eigenvalue weighted by Gasteiger charge is 2.27. The van der Waals surface area contributed by atoms with Gasteiger partial charge in [0.25, 0.3) is 5.91 Å². The van der Waals surface area contributed by atoms with E-state index in [4.69, 9.17) is 5.73 Å². The van der Waals surface area contributed by atoms with Crippen LogP contribution in [0.5, 0.6) is 0 Å². The molecule has 3 N–H and O–H groups in total. The zero-order valence-corrected chi connectivity index (χ0v) is 11.8. The summed E-state index contributed by atoms with van der Waals surface area (Å²) in [7, 11) is 1.66. The number of carbonyl (C=O) groups excluding carboxylic acids is 1. The smallest absolute Gasteiger partial charge is 0.254 e. The fraction of sp³-hybridized carbons (Fsp3) is 0.417. The fourth-order valence-electron chi connectivity index (χ4n) is 1.31. The third-order valence-electron chi connectivity index (χ3n) is 2.77. The average molecular weight is 301 g/mol. The molecule has 0 saturated carbocycles. The lowest BCUT2D eigenvalue weighted by Gasteiger charge is -2.34. The van der Waals surface area contributed by atoms with Gasteiger partial charge < -0.3 is 15.7 Å². The summed E-state index contributed by atoms with van der Waals surface area (Å²) in [5.41, 5.74) is 6.11. The lowest BCUT2D eigenvalue weighted by molar-refractivity contribution is 0.0473. The first-order valence-electron chi connectivity index (χ1n) is 5.23. The van der Waals surface area contributed by atoms with Crippen LogP contribution in [0.2, 0.25) is 0 Å². The van der Waals surface area contributed by atoms with Crippen LogP contribution in [-0.4, -0.2) is 35.1 Å². The summed E-state index contributed by atoms with van der Waals surface area (Å²) >= 11 is 3.30. The standard InChI is InChI=1S/C12H17BrN2O2/c1-12(2,7-16)15(3)11(17)8-4-9(13)6-10(14)5-8/h4-6,16H,7,14H2,1-3H3. The molecule has 0 spiro atoms. The molecule has 0 bridgehead atoms. The molecule has 5 heteroatoms. The van der Waals surface area contributed by atoms with E-state index in [9.17, 15) is 9.90 Å². The predicted molar refractivity (Wildman–Crippen MR) is 71.8 cm³/mol. The Balaban J connectivity index is 3.04. The van der Waals surface area contributed by atoms with Crippen molar-refractivity contribution in [3.8, 4) is 0 Å². The minimum Gasteiger partial charge on any atom is -0.399 e. The van der Waals surface area contributed by atoms with E-state index in [1.807, 2.05) is 0 Å². The first-order valence-corrected chi connectivity index (χ1v) is 6.02. The second kappa shape index (κ2) is 5.06. The zero-order valence-electron chi connectivity index (χ0n) is 10.2. The van der Waals surface area contributed by atoms with Crippen LogP contribution in [0.4, 0.5) is 5.69 Å². The predicted octanol–water partition coefficient (Wildman–Crippen LogP) is 1.87. The van der Waals surface area contributed by atoms with Crippen molar-refractivity contribution < 1.29 is 9.90 Å². The number of nitrogens with zero attached hydrogens (tertiary/aromatic N) is 1. The number of hydrogen-bond donors (Lipinski definition) is 2. The molecule has 1 amide bonds. The largest absolute Gasteiger partial charge is 0.399 e. The van der Waals surface area contributed by atoms with Gasteiger partial charge in [-0.3, -0.25) is 4.79 Å². The van der Waals surface area contributed by atoms with Crippen LogP contribution in [0.3, 0.4) is 0 Å². The number of rotatable bonds is 3. The molecule has 1 aromatic rings. The number of halogens is 1. The average Bonchev–Trinajstić information content (AvgIpc) is 2.25. The molecule has 0 aliphatic heterocycles. The van der Waals surface area contributed by atoms with Crippen LogP contribution >= 0.6 is 15.9 Å². The van der Waals surface area contributed by atoms with Gasteiger partial charge in [0.15, 0.2) is 0 Å². The Kier molecular flexibility index (Phi) is 4.16. The van der Waals surface area contributed by atoms with Crippen LogP contribution in [0.1, 0.15) is 24.2 Å². The summed E-state index contributed by atoms with van der Waals surface area (Å²) in [6.07, 6.45) is 0. The monoisotopic (exact) mass is 300 g/mol. The summed E-state index contributed by atoms with van der Waals surface area (Å²) in [6, 6.07) is 5.06. The number of amides is 1. The number of anilines is 1. The minimum absolute atomic E-state index is 0.0985. The molecule has 0 unspecified atom stereocenters. The maximum absolute atomic E-state index is 12.2. The summed E-state index contributed by atoms with van der Waals surface area (Å²) in [6.45, 7) is 3.50. The van der Waals surface area contributed by atoms with Crippen LogP contribution < -0.4 is 5.73 Å². The van der Waals surface area contributed by atoms with Crippen molar-refractivity contribution in [2.24, 2.45) is 0 Å². The lowest BCUT2D eigenvalue weighted by Crippen LogP contribution is -2.47. The Morgan fingerprint density at radius 3 is 2.53 bits per heavy atom. The quantitative estimate of drug-likeness (QED) is 0.838. The number of hydrogen-bond acceptors (Lipinski definition) is 3. The van der Waals surface area contributed by atoms with Crippen molar-refractivity contribution in [1.29, 1.82) is 0 Å². The number of carbonyl (C=O) groups is 1. The maximum atomic E-state index is 12.2. The van der Waals surface area contributed by atoms with Gasteiger partial charge in [0.1, 0.15) is 0 Å². The molecule has 0 saturated heterocycles. The lowest BCUT2D eigenvalue weighted by atomic mass is 10.0. The van der Waals surface area contributed by atoms with Crippen molar-refractivity contribution >= 4 is 27.5 Å². The summed E-state index contributed by atoms with van der Waals surface area (Å²) in [5.74, 6) is -0.169. The molecular weight excluding hydrogens is 284 g/mol. The summed E-state index contributed by atoms with van der Waals surface area (Å²) < 4.78 is 0.760. The number of likely N-dealkylation sites (N-methyl/N-ethyl adjacent to an activating group) is 1. The van der Waals surface area contributed by atoms with E-state index in [-0.39, 0.29) is 12.5 Å². The third kappa shape index (κ3) is 3.20. The first kappa shape index (κ1) is 14.0. The molecule has 0 aliphatic rings. The normalized spacial score (nSPS) is 11.4. The van der Waals surface area contributed by atoms with Gasteiger partial charge in [0.05, 0.1) is 12.1 Å². The van der Waals surface area contributed by atoms with Gasteiger partial charge in [-0.25, -0.2) is 0 Å². The number of aliphatic hydroxyl groups excluding tert-OH is 1. The Bertz CT molecular complexity index is 412. The molecule has 0 aromatic heterocycles. The van der Waals surface area contributed by atoms with Crippen molar-refractivity contribution in [2.75, 3.05) is 19.4 Å². The Labute approximate surface area is 110 Å². The number of benzene rings is 1. The topological polar surface area (TPSA) is 66.6 Å². The molecule has 17 heavy (non-hydrogen) atoms. The first-order chi connectivity index (χ1) is 7.77. The number of aliphatic hydroxyl groups is 1. The van der Waals surface area contributed by atoms with Crippen LogP contribution in [0.15, 0.2) is 22.7 Å². The molecule has 0 heterocycles. The van der Waals surface area contributed by atoms with Crippen molar-refractivity contribution in [3.05, 3.63) is 28.2 Å². The highest BCUT2D eigenvalue weighted by molar-refractivity contribution is 9.10. The van der Waals surface area contributed by atoms with E-state index in [1.54, 1.807) is 39.1 Å². The third-order valence-corrected chi connectivity index (χ3v) is 3.22. The van der Waals surface area contributed by atoms with E-state index in [1.165, 1.54) is 4.90 Å². The highest BCUT2D eigenvalue weighted by atomic mass is 79.9. The molecule has 1 rings (SSSR count). The molecule has 0 fully saturated rings. The molecule has 0 aliphatic carbocycles. The van der Waals surface area contributed by atoms with E-state index < -0.39 is 5.54 Å². The van der Waals surface area contributed by atoms with E-state index >= 15 is 0 Å². The zero-order chi connectivity index (χ0) is 13.2. The van der Waals surface area contributed by atoms with Crippen LogP contribution in [0, 0.1) is 0 Å². The van der Waals surface area contributed by atoms with E-state index in [0.29, 0.717) is 11.3 Å². The number of nitrogen functional groups attached to an aromatic ring is 1. The van der Waals surface area contributed by atoms with Gasteiger partial charge in [-0.2, -0.15) is 0 Å². The SMILES string of the molecule is CN(C(=O)c1cc(N)cc(Br)c1)C(C)(C)CO. The summed E-state index contributed by atoms with van der Waals surface area (Å²) in [4.78, 5) is 13.7. The van der Waals surface area contributed by atoms with Gasteiger partial charge in [-0.05, 0) is 32.0 Å². The van der Waals surface area contributed by atoms with Gasteiger partial charge in [-0.1, -0.05) is 15.9 Å². The van der Waals surface area contributed by atoms with Gasteiger partial charge in [0, 0.05) is 22.8 Å². The van der Waals surface area contributed by atoms with Crippen molar-refractivity contribution in [1.82, 2.24) is 4.90 Å². The molecular formula is C12H17BrN2O2. The number of nitrogens with two attached hydrogens (primary N) is 1. The van der Waals surface area contributed by atoms with Crippen molar-refractivity contribution in [3.63, 3.8) is 0 Å². The van der Waals surface area contributed by atoms with E-state index in [0.717, 1.165) is 4.47 Å². The fourth-order valence-corrected chi connectivity index (χ4v) is 1.82. The van der Waals surface area contributed by atoms with Gasteiger partial charge >= 0.3 is 0 Å². The maximum Gasteiger partial charge on any atom is 0.254 e. The van der Waals surface area contributed by atoms with Crippen molar-refractivity contribution in [2.45, 2.75) is 19.4 Å². The highest BCUT2D eigenvalue weighted by Crippen LogP contribution is 2.21. The second-order valence-electron chi connectivity index (χ2n) is 4.61. The molecule has 0 atom stereocenters. The van der Waals surface area contributed by atoms with E-state index in [2.05, 4.69) is 15.9 Å². The van der Waals surface area contributed by atoms with Crippen LogP contribution in [-0.2, 0) is 0 Å². The molecule has 4 nitrogen and oxygen atoms in total. The molecule has 94 valence electrons.